The maximum Gasteiger partial charge on any atom is 0.134 e. The van der Waals surface area contributed by atoms with E-state index >= 15 is 0 Å². The van der Waals surface area contributed by atoms with Crippen molar-refractivity contribution in [2.24, 2.45) is 0 Å². The number of aromatic nitrogens is 1. The number of nitrogens with zero attached hydrogens (tertiary/aromatic N) is 1. The second-order valence-corrected chi connectivity index (χ2v) is 4.84. The zero-order valence-electron chi connectivity index (χ0n) is 10.1. The Labute approximate surface area is 115 Å². The summed E-state index contributed by atoms with van der Waals surface area (Å²) in [4.78, 5) is 3.95. The van der Waals surface area contributed by atoms with Gasteiger partial charge >= 0.3 is 0 Å². The van der Waals surface area contributed by atoms with Gasteiger partial charge in [-0.25, -0.2) is 0 Å². The third-order valence-electron chi connectivity index (χ3n) is 3.00. The standard InChI is InChI=1S/C15H12ClNO2/c16-12-1-2-14-11(8-12)9-15(19-14)13(18)7-10-3-5-17-6-4-10/h1-6,8-9,13,18H,7H2. The van der Waals surface area contributed by atoms with Gasteiger partial charge in [0.05, 0.1) is 0 Å². The van der Waals surface area contributed by atoms with Gasteiger partial charge in [0, 0.05) is 29.2 Å². The predicted octanol–water partition coefficient (Wildman–Crippen LogP) is 3.76. The molecule has 96 valence electrons. The lowest BCUT2D eigenvalue weighted by atomic mass is 10.1. The molecule has 0 aliphatic heterocycles. The highest BCUT2D eigenvalue weighted by Crippen LogP contribution is 2.27. The number of fused-ring (bicyclic) bond motifs is 1. The van der Waals surface area contributed by atoms with E-state index in [1.165, 1.54) is 0 Å². The van der Waals surface area contributed by atoms with E-state index in [9.17, 15) is 5.11 Å². The van der Waals surface area contributed by atoms with Crippen molar-refractivity contribution in [2.75, 3.05) is 0 Å². The molecule has 0 aliphatic rings. The van der Waals surface area contributed by atoms with Crippen molar-refractivity contribution in [2.45, 2.75) is 12.5 Å². The minimum atomic E-state index is -0.673. The molecule has 0 spiro atoms. The third-order valence-corrected chi connectivity index (χ3v) is 3.24. The van der Waals surface area contributed by atoms with E-state index in [4.69, 9.17) is 16.0 Å². The topological polar surface area (TPSA) is 46.3 Å². The number of rotatable bonds is 3. The third kappa shape index (κ3) is 2.62. The van der Waals surface area contributed by atoms with Crippen LogP contribution in [-0.4, -0.2) is 10.1 Å². The molecule has 0 radical (unpaired) electrons. The van der Waals surface area contributed by atoms with Crippen molar-refractivity contribution in [1.82, 2.24) is 4.98 Å². The maximum absolute atomic E-state index is 10.2. The Balaban J connectivity index is 1.87. The Hall–Kier alpha value is -1.84. The van der Waals surface area contributed by atoms with Crippen LogP contribution in [0.1, 0.15) is 17.4 Å². The first-order valence-electron chi connectivity index (χ1n) is 5.98. The van der Waals surface area contributed by atoms with Crippen LogP contribution in [0.3, 0.4) is 0 Å². The molecule has 0 fully saturated rings. The number of hydrogen-bond acceptors (Lipinski definition) is 3. The van der Waals surface area contributed by atoms with E-state index < -0.39 is 6.10 Å². The fourth-order valence-corrected chi connectivity index (χ4v) is 2.22. The summed E-state index contributed by atoms with van der Waals surface area (Å²) in [5.41, 5.74) is 1.74. The smallest absolute Gasteiger partial charge is 0.134 e. The number of halogens is 1. The van der Waals surface area contributed by atoms with Crippen LogP contribution < -0.4 is 0 Å². The van der Waals surface area contributed by atoms with E-state index in [0.29, 0.717) is 17.2 Å². The molecule has 1 aromatic carbocycles. The van der Waals surface area contributed by atoms with Crippen molar-refractivity contribution in [3.05, 3.63) is 65.1 Å². The van der Waals surface area contributed by atoms with Crippen molar-refractivity contribution < 1.29 is 9.52 Å². The number of aliphatic hydroxyl groups is 1. The van der Waals surface area contributed by atoms with Crippen LogP contribution in [-0.2, 0) is 6.42 Å². The van der Waals surface area contributed by atoms with Gasteiger partial charge in [0.25, 0.3) is 0 Å². The number of hydrogen-bond donors (Lipinski definition) is 1. The van der Waals surface area contributed by atoms with Gasteiger partial charge in [-0.2, -0.15) is 0 Å². The second kappa shape index (κ2) is 5.03. The van der Waals surface area contributed by atoms with Gasteiger partial charge < -0.3 is 9.52 Å². The lowest BCUT2D eigenvalue weighted by Crippen LogP contribution is -2.00. The molecule has 4 heteroatoms. The molecule has 0 saturated heterocycles. The molecule has 2 heterocycles. The van der Waals surface area contributed by atoms with E-state index in [1.54, 1.807) is 24.5 Å². The second-order valence-electron chi connectivity index (χ2n) is 4.41. The van der Waals surface area contributed by atoms with E-state index in [-0.39, 0.29) is 0 Å². The fourth-order valence-electron chi connectivity index (χ4n) is 2.04. The number of pyridine rings is 1. The minimum absolute atomic E-state index is 0.496. The number of benzene rings is 1. The summed E-state index contributed by atoms with van der Waals surface area (Å²) in [6.07, 6.45) is 3.24. The van der Waals surface area contributed by atoms with Crippen LogP contribution >= 0.6 is 11.6 Å². The molecular formula is C15H12ClNO2. The zero-order chi connectivity index (χ0) is 13.2. The Bertz CT molecular complexity index is 694. The summed E-state index contributed by atoms with van der Waals surface area (Å²) in [5.74, 6) is 0.550. The van der Waals surface area contributed by atoms with Gasteiger partial charge in [0.15, 0.2) is 0 Å². The molecule has 0 aliphatic carbocycles. The normalized spacial score (nSPS) is 12.7. The highest BCUT2D eigenvalue weighted by Gasteiger charge is 2.14. The van der Waals surface area contributed by atoms with Gasteiger partial charge in [-0.1, -0.05) is 11.6 Å². The lowest BCUT2D eigenvalue weighted by molar-refractivity contribution is 0.152. The zero-order valence-corrected chi connectivity index (χ0v) is 10.8. The van der Waals surface area contributed by atoms with Crippen LogP contribution in [0.5, 0.6) is 0 Å². The Kier molecular flexibility index (Phi) is 3.23. The molecular weight excluding hydrogens is 262 g/mol. The number of aliphatic hydroxyl groups excluding tert-OH is 1. The summed E-state index contributed by atoms with van der Waals surface area (Å²) in [6, 6.07) is 11.0. The highest BCUT2D eigenvalue weighted by atomic mass is 35.5. The summed E-state index contributed by atoms with van der Waals surface area (Å²) in [7, 11) is 0. The SMILES string of the molecule is OC(Cc1ccncc1)c1cc2cc(Cl)ccc2o1. The predicted molar refractivity (Wildman–Crippen MR) is 74.1 cm³/mol. The molecule has 0 amide bonds. The molecule has 0 bridgehead atoms. The summed E-state index contributed by atoms with van der Waals surface area (Å²) < 4.78 is 5.63. The summed E-state index contributed by atoms with van der Waals surface area (Å²) in [5, 5.41) is 11.8. The van der Waals surface area contributed by atoms with Gasteiger partial charge in [0.1, 0.15) is 17.4 Å². The van der Waals surface area contributed by atoms with E-state index in [1.807, 2.05) is 24.3 Å². The lowest BCUT2D eigenvalue weighted by Gasteiger charge is -2.06. The first-order chi connectivity index (χ1) is 9.22. The molecule has 1 N–H and O–H groups in total. The maximum atomic E-state index is 10.2. The van der Waals surface area contributed by atoms with Crippen LogP contribution in [0.15, 0.2) is 53.2 Å². The Morgan fingerprint density at radius 2 is 1.95 bits per heavy atom. The first kappa shape index (κ1) is 12.2. The van der Waals surface area contributed by atoms with Gasteiger partial charge in [-0.15, -0.1) is 0 Å². The van der Waals surface area contributed by atoms with Crippen molar-refractivity contribution >= 4 is 22.6 Å². The molecule has 19 heavy (non-hydrogen) atoms. The first-order valence-corrected chi connectivity index (χ1v) is 6.36. The highest BCUT2D eigenvalue weighted by molar-refractivity contribution is 6.31. The van der Waals surface area contributed by atoms with E-state index in [0.717, 1.165) is 16.5 Å². The average Bonchev–Trinajstić information content (AvgIpc) is 2.83. The van der Waals surface area contributed by atoms with Crippen LogP contribution in [0.25, 0.3) is 11.0 Å². The Morgan fingerprint density at radius 1 is 1.16 bits per heavy atom. The van der Waals surface area contributed by atoms with Gasteiger partial charge in [-0.3, -0.25) is 4.98 Å². The quantitative estimate of drug-likeness (QED) is 0.790. The minimum Gasteiger partial charge on any atom is -0.458 e. The fraction of sp³-hybridized carbons (Fsp3) is 0.133. The van der Waals surface area contributed by atoms with Crippen molar-refractivity contribution in [3.8, 4) is 0 Å². The van der Waals surface area contributed by atoms with Crippen LogP contribution in [0.2, 0.25) is 5.02 Å². The monoisotopic (exact) mass is 273 g/mol. The van der Waals surface area contributed by atoms with Gasteiger partial charge in [0.2, 0.25) is 0 Å². The van der Waals surface area contributed by atoms with Crippen molar-refractivity contribution in [3.63, 3.8) is 0 Å². The number of furan rings is 1. The Morgan fingerprint density at radius 3 is 2.74 bits per heavy atom. The van der Waals surface area contributed by atoms with E-state index in [2.05, 4.69) is 4.98 Å². The molecule has 3 nitrogen and oxygen atoms in total. The van der Waals surface area contributed by atoms with Crippen LogP contribution in [0, 0.1) is 0 Å². The summed E-state index contributed by atoms with van der Waals surface area (Å²) >= 11 is 5.93. The molecule has 3 rings (SSSR count). The van der Waals surface area contributed by atoms with Crippen LogP contribution in [0.4, 0.5) is 0 Å². The molecule has 1 atom stereocenters. The molecule has 1 unspecified atom stereocenters. The molecule has 2 aromatic heterocycles. The van der Waals surface area contributed by atoms with Gasteiger partial charge in [-0.05, 0) is 42.0 Å². The molecule has 3 aromatic rings. The summed E-state index contributed by atoms with van der Waals surface area (Å²) in [6.45, 7) is 0. The average molecular weight is 274 g/mol. The van der Waals surface area contributed by atoms with Crippen molar-refractivity contribution in [1.29, 1.82) is 0 Å². The largest absolute Gasteiger partial charge is 0.458 e. The molecule has 0 saturated carbocycles.